The van der Waals surface area contributed by atoms with Crippen LogP contribution < -0.4 is 24.8 Å². The number of allylic oxidation sites excluding steroid dienone is 2. The first-order chi connectivity index (χ1) is 28.4. The number of methoxy groups -OCH3 is 1. The van der Waals surface area contributed by atoms with E-state index in [4.69, 9.17) is 19.2 Å². The van der Waals surface area contributed by atoms with Crippen LogP contribution in [0.15, 0.2) is 66.8 Å². The van der Waals surface area contributed by atoms with Crippen molar-refractivity contribution >= 4 is 50.8 Å². The molecule has 3 aromatic rings. The van der Waals surface area contributed by atoms with Gasteiger partial charge in [-0.1, -0.05) is 74.4 Å². The molecule has 2 aliphatic carbocycles. The molecular formula is C44H51N5O9S. The number of rotatable bonds is 5. The maximum absolute atomic E-state index is 14.7. The van der Waals surface area contributed by atoms with Gasteiger partial charge in [-0.25, -0.2) is 18.2 Å². The van der Waals surface area contributed by atoms with E-state index in [-0.39, 0.29) is 31.9 Å². The second-order valence-corrected chi connectivity index (χ2v) is 18.5. The predicted molar refractivity (Wildman–Crippen MR) is 221 cm³/mol. The molecule has 14 nitrogen and oxygen atoms in total. The van der Waals surface area contributed by atoms with Crippen molar-refractivity contribution < 1.29 is 41.8 Å². The average molecular weight is 826 g/mol. The molecule has 15 heteroatoms. The summed E-state index contributed by atoms with van der Waals surface area (Å²) in [5, 5.41) is 5.79. The number of benzene rings is 2. The van der Waals surface area contributed by atoms with Crippen molar-refractivity contribution in [2.24, 2.45) is 11.8 Å². The Morgan fingerprint density at radius 2 is 1.85 bits per heavy atom. The van der Waals surface area contributed by atoms with E-state index in [1.807, 2.05) is 79.8 Å². The first-order valence-electron chi connectivity index (χ1n) is 20.6. The number of fused-ring (bicyclic) bond motifs is 4. The maximum atomic E-state index is 14.7. The van der Waals surface area contributed by atoms with Crippen LogP contribution in [-0.2, 0) is 29.1 Å². The molecule has 2 saturated carbocycles. The van der Waals surface area contributed by atoms with Crippen molar-refractivity contribution in [1.29, 1.82) is 0 Å². The van der Waals surface area contributed by atoms with Crippen molar-refractivity contribution in [3.05, 3.63) is 72.3 Å². The number of cyclic esters (lactones) is 1. The van der Waals surface area contributed by atoms with Crippen LogP contribution in [0.5, 0.6) is 11.5 Å². The van der Waals surface area contributed by atoms with E-state index in [0.29, 0.717) is 66.6 Å². The van der Waals surface area contributed by atoms with Crippen LogP contribution >= 0.6 is 0 Å². The van der Waals surface area contributed by atoms with Gasteiger partial charge in [0.25, 0.3) is 5.91 Å². The fraction of sp³-hybridized carbons (Fsp3) is 0.477. The Balaban J connectivity index is 1.19. The van der Waals surface area contributed by atoms with Crippen LogP contribution in [0, 0.1) is 11.8 Å². The molecule has 4 heterocycles. The average Bonchev–Trinajstić information content (AvgIpc) is 4.15. The lowest BCUT2D eigenvalue weighted by Gasteiger charge is -2.29. The normalized spacial score (nSPS) is 28.9. The van der Waals surface area contributed by atoms with Gasteiger partial charge >= 0.3 is 6.09 Å². The zero-order valence-electron chi connectivity index (χ0n) is 33.4. The Kier molecular flexibility index (Phi) is 11.4. The van der Waals surface area contributed by atoms with Gasteiger partial charge in [-0.05, 0) is 56.9 Å². The number of nitrogens with one attached hydrogen (secondary N) is 3. The second kappa shape index (κ2) is 16.7. The third-order valence-corrected chi connectivity index (χ3v) is 13.8. The highest BCUT2D eigenvalue weighted by molar-refractivity contribution is 7.91. The molecule has 312 valence electrons. The molecule has 3 fully saturated rings. The van der Waals surface area contributed by atoms with Gasteiger partial charge in [-0.3, -0.25) is 19.1 Å². The molecule has 2 aromatic carbocycles. The fourth-order valence-corrected chi connectivity index (χ4v) is 9.69. The number of nitrogens with zero attached hydrogens (tertiary/aromatic N) is 2. The highest BCUT2D eigenvalue weighted by atomic mass is 32.2. The molecule has 0 spiro atoms. The van der Waals surface area contributed by atoms with Gasteiger partial charge in [0.15, 0.2) is 0 Å². The third kappa shape index (κ3) is 8.80. The van der Waals surface area contributed by atoms with Crippen molar-refractivity contribution in [3.8, 4) is 22.8 Å². The summed E-state index contributed by atoms with van der Waals surface area (Å²) in [4.78, 5) is 62.8. The molecule has 3 N–H and O–H groups in total. The topological polar surface area (TPSA) is 182 Å². The Bertz CT molecular complexity index is 2300. The van der Waals surface area contributed by atoms with Gasteiger partial charge < -0.3 is 29.7 Å². The quantitative estimate of drug-likeness (QED) is 0.282. The summed E-state index contributed by atoms with van der Waals surface area (Å²) in [5.74, 6) is -1.26. The van der Waals surface area contributed by atoms with Gasteiger partial charge in [-0.15, -0.1) is 0 Å². The lowest BCUT2D eigenvalue weighted by molar-refractivity contribution is -0.141. The molecule has 8 rings (SSSR count). The number of aromatic nitrogens is 1. The van der Waals surface area contributed by atoms with E-state index >= 15 is 0 Å². The fourth-order valence-electron chi connectivity index (χ4n) is 8.33. The van der Waals surface area contributed by atoms with Crippen LogP contribution in [0.4, 0.5) is 4.79 Å². The summed E-state index contributed by atoms with van der Waals surface area (Å²) in [7, 11) is -2.31. The van der Waals surface area contributed by atoms with Crippen molar-refractivity contribution in [2.75, 3.05) is 20.3 Å². The van der Waals surface area contributed by atoms with Gasteiger partial charge in [0.2, 0.25) is 21.8 Å². The third-order valence-electron chi connectivity index (χ3n) is 12.0. The van der Waals surface area contributed by atoms with Crippen molar-refractivity contribution in [3.63, 3.8) is 0 Å². The van der Waals surface area contributed by atoms with E-state index in [0.717, 1.165) is 24.0 Å². The van der Waals surface area contributed by atoms with Crippen LogP contribution in [0.25, 0.3) is 28.2 Å². The first-order valence-corrected chi connectivity index (χ1v) is 22.2. The minimum atomic E-state index is -3.91. The molecule has 6 atom stereocenters. The summed E-state index contributed by atoms with van der Waals surface area (Å²) >= 11 is 0. The monoisotopic (exact) mass is 825 g/mol. The molecular weight excluding hydrogens is 775 g/mol. The number of amides is 4. The summed E-state index contributed by atoms with van der Waals surface area (Å²) < 4.78 is 46.4. The van der Waals surface area contributed by atoms with E-state index in [1.54, 1.807) is 7.11 Å². The number of ether oxygens (including phenoxy) is 3. The van der Waals surface area contributed by atoms with E-state index < -0.39 is 68.7 Å². The molecule has 0 radical (unpaired) electrons. The van der Waals surface area contributed by atoms with Crippen LogP contribution in [0.3, 0.4) is 0 Å². The number of sulfonamides is 1. The van der Waals surface area contributed by atoms with E-state index in [2.05, 4.69) is 15.4 Å². The molecule has 1 aromatic heterocycles. The first kappa shape index (κ1) is 40.3. The molecule has 59 heavy (non-hydrogen) atoms. The summed E-state index contributed by atoms with van der Waals surface area (Å²) in [6.45, 7) is 2.07. The zero-order valence-corrected chi connectivity index (χ0v) is 34.2. The number of alkyl carbamates (subject to hydrolysis) is 1. The summed E-state index contributed by atoms with van der Waals surface area (Å²) in [6, 6.07) is 13.2. The van der Waals surface area contributed by atoms with E-state index in [9.17, 15) is 27.6 Å². The lowest BCUT2D eigenvalue weighted by atomic mass is 10.0. The molecule has 3 aliphatic heterocycles. The Morgan fingerprint density at radius 3 is 2.63 bits per heavy atom. The largest absolute Gasteiger partial charge is 0.496 e. The van der Waals surface area contributed by atoms with Crippen molar-refractivity contribution in [2.45, 2.75) is 100 Å². The number of hydrogen-bond donors (Lipinski definition) is 3. The SMILES string of the molecule is COc1cc2nc(-c3ccccc3)cc3c2cc1/C=C/C[C@H](C)COC(=O)N[C@H]1CCCCC/C=C\[C@@H]2C[C@@]2(C(=O)NS(=O)(=O)C2CC2)NC(=O)[C@@H]2C[C@H](CN2C1=O)O3. The maximum Gasteiger partial charge on any atom is 0.407 e. The van der Waals surface area contributed by atoms with E-state index in [1.165, 1.54) is 4.90 Å². The minimum absolute atomic E-state index is 0.00678. The smallest absolute Gasteiger partial charge is 0.407 e. The van der Waals surface area contributed by atoms with Gasteiger partial charge in [0.05, 0.1) is 36.7 Å². The van der Waals surface area contributed by atoms with Crippen LogP contribution in [0.1, 0.15) is 76.7 Å². The van der Waals surface area contributed by atoms with Gasteiger partial charge in [0.1, 0.15) is 35.2 Å². The molecule has 4 amide bonds. The predicted octanol–water partition coefficient (Wildman–Crippen LogP) is 5.41. The highest BCUT2D eigenvalue weighted by Gasteiger charge is 2.62. The van der Waals surface area contributed by atoms with Gasteiger partial charge in [0, 0.05) is 41.0 Å². The lowest BCUT2D eigenvalue weighted by Crippen LogP contribution is -2.58. The highest BCUT2D eigenvalue weighted by Crippen LogP contribution is 2.46. The number of carbonyl (C=O) groups excluding carboxylic acids is 4. The molecule has 5 aliphatic rings. The van der Waals surface area contributed by atoms with Crippen molar-refractivity contribution in [1.82, 2.24) is 25.2 Å². The Labute approximate surface area is 344 Å². The molecule has 5 bridgehead atoms. The number of carbonyl (C=O) groups is 4. The summed E-state index contributed by atoms with van der Waals surface area (Å²) in [6.07, 6.45) is 11.4. The Hall–Kier alpha value is -5.44. The minimum Gasteiger partial charge on any atom is -0.496 e. The van der Waals surface area contributed by atoms with Crippen LogP contribution in [-0.4, -0.2) is 91.4 Å². The second-order valence-electron chi connectivity index (χ2n) is 16.5. The zero-order chi connectivity index (χ0) is 41.3. The summed E-state index contributed by atoms with van der Waals surface area (Å²) in [5.41, 5.74) is 1.41. The number of hydrogen-bond acceptors (Lipinski definition) is 10. The molecule has 0 unspecified atom stereocenters. The van der Waals surface area contributed by atoms with Gasteiger partial charge in [-0.2, -0.15) is 0 Å². The molecule has 1 saturated heterocycles. The standard InChI is InChI=1S/C44H51N5O9S/c1-27-12-11-15-29-20-33-36(23-38(29)56-2)45-35(28-13-7-6-8-14-28)22-39(33)58-31-21-37-40(50)47-44(42(52)48-59(54,55)32-18-19-32)24-30(44)16-9-4-3-5-10-17-34(41(51)49(37)25-31)46-43(53)57-26-27/h6-9,11,13-16,20,22-23,27,30-32,34,37H,3-5,10,12,17-19,21,24-26H2,1-2H3,(H,46,53)(H,47,50)(H,48,52)/b15-11+,16-9-/t27-,30+,31+,34-,37-,44+/m0/s1. The van der Waals surface area contributed by atoms with Crippen LogP contribution in [0.2, 0.25) is 0 Å². The number of pyridine rings is 1. The Morgan fingerprint density at radius 1 is 1.03 bits per heavy atom.